The van der Waals surface area contributed by atoms with Gasteiger partial charge in [0.25, 0.3) is 0 Å². The average molecular weight is 393 g/mol. The molecule has 0 saturated carbocycles. The van der Waals surface area contributed by atoms with Crippen molar-refractivity contribution in [3.63, 3.8) is 0 Å². The van der Waals surface area contributed by atoms with Gasteiger partial charge in [-0.25, -0.2) is 0 Å². The van der Waals surface area contributed by atoms with E-state index in [9.17, 15) is 0 Å². The van der Waals surface area contributed by atoms with Crippen LogP contribution in [-0.2, 0) is 19.3 Å². The molecule has 2 aromatic carbocycles. The van der Waals surface area contributed by atoms with Crippen molar-refractivity contribution in [2.45, 2.75) is 110 Å². The zero-order chi connectivity index (χ0) is 20.6. The standard InChI is InChI=1S/C29H44/c1-3-5-7-9-11-13-17-26-19-15-21-28(23-26)25-29-22-16-20-27(24-29)18-14-12-10-8-6-4-2/h15-16,19-24H,3-14,17-18,25H2,1-2H3. The lowest BCUT2D eigenvalue weighted by atomic mass is 9.97. The maximum atomic E-state index is 2.44. The lowest BCUT2D eigenvalue weighted by Gasteiger charge is -2.08. The summed E-state index contributed by atoms with van der Waals surface area (Å²) in [6.45, 7) is 4.58. The number of hydrogen-bond acceptors (Lipinski definition) is 0. The molecule has 0 amide bonds. The largest absolute Gasteiger partial charge is 0.0654 e. The summed E-state index contributed by atoms with van der Waals surface area (Å²) >= 11 is 0. The molecule has 160 valence electrons. The second-order valence-corrected chi connectivity index (χ2v) is 8.85. The van der Waals surface area contributed by atoms with Gasteiger partial charge in [0.2, 0.25) is 0 Å². The van der Waals surface area contributed by atoms with Gasteiger partial charge in [-0.1, -0.05) is 127 Å². The lowest BCUT2D eigenvalue weighted by Crippen LogP contribution is -1.94. The molecule has 0 aromatic heterocycles. The number of benzene rings is 2. The average Bonchev–Trinajstić information content (AvgIpc) is 2.74. The van der Waals surface area contributed by atoms with Crippen molar-refractivity contribution in [1.29, 1.82) is 0 Å². The van der Waals surface area contributed by atoms with Gasteiger partial charge >= 0.3 is 0 Å². The van der Waals surface area contributed by atoms with Gasteiger partial charge in [-0.15, -0.1) is 0 Å². The second-order valence-electron chi connectivity index (χ2n) is 8.85. The molecule has 0 unspecified atom stereocenters. The van der Waals surface area contributed by atoms with E-state index >= 15 is 0 Å². The fourth-order valence-electron chi connectivity index (χ4n) is 4.24. The van der Waals surface area contributed by atoms with Crippen molar-refractivity contribution in [2.24, 2.45) is 0 Å². The second kappa shape index (κ2) is 15.3. The summed E-state index contributed by atoms with van der Waals surface area (Å²) in [6, 6.07) is 18.6. The fraction of sp³-hybridized carbons (Fsp3) is 0.586. The van der Waals surface area contributed by atoms with Crippen molar-refractivity contribution in [1.82, 2.24) is 0 Å². The number of rotatable bonds is 16. The fourth-order valence-corrected chi connectivity index (χ4v) is 4.24. The molecule has 0 bridgehead atoms. The van der Waals surface area contributed by atoms with E-state index in [2.05, 4.69) is 62.4 Å². The molecule has 2 aromatic rings. The summed E-state index contributed by atoms with van der Waals surface area (Å²) in [4.78, 5) is 0. The first-order valence-corrected chi connectivity index (χ1v) is 12.5. The summed E-state index contributed by atoms with van der Waals surface area (Å²) in [7, 11) is 0. The topological polar surface area (TPSA) is 0 Å². The molecular formula is C29H44. The normalized spacial score (nSPS) is 11.1. The monoisotopic (exact) mass is 392 g/mol. The van der Waals surface area contributed by atoms with Gasteiger partial charge in [0.15, 0.2) is 0 Å². The zero-order valence-corrected chi connectivity index (χ0v) is 19.2. The van der Waals surface area contributed by atoms with Crippen molar-refractivity contribution >= 4 is 0 Å². The van der Waals surface area contributed by atoms with Crippen molar-refractivity contribution in [3.05, 3.63) is 70.8 Å². The van der Waals surface area contributed by atoms with Crippen molar-refractivity contribution < 1.29 is 0 Å². The first-order valence-electron chi connectivity index (χ1n) is 12.5. The Kier molecular flexibility index (Phi) is 12.5. The van der Waals surface area contributed by atoms with Crippen molar-refractivity contribution in [3.8, 4) is 0 Å². The highest BCUT2D eigenvalue weighted by atomic mass is 14.1. The molecule has 0 aliphatic heterocycles. The summed E-state index contributed by atoms with van der Waals surface area (Å²) in [5.74, 6) is 0. The molecule has 0 aliphatic rings. The van der Waals surface area contributed by atoms with Crippen LogP contribution in [0.15, 0.2) is 48.5 Å². The first-order chi connectivity index (χ1) is 14.3. The highest BCUT2D eigenvalue weighted by Gasteiger charge is 2.01. The summed E-state index contributed by atoms with van der Waals surface area (Å²) in [5.41, 5.74) is 5.96. The SMILES string of the molecule is CCCCCCCCc1cccc(Cc2cccc(CCCCCCCC)c2)c1. The van der Waals surface area contributed by atoms with Gasteiger partial charge in [-0.3, -0.25) is 0 Å². The van der Waals surface area contributed by atoms with Crippen molar-refractivity contribution in [2.75, 3.05) is 0 Å². The van der Waals surface area contributed by atoms with Gasteiger partial charge in [0, 0.05) is 0 Å². The summed E-state index contributed by atoms with van der Waals surface area (Å²) < 4.78 is 0. The van der Waals surface area contributed by atoms with Crippen LogP contribution in [0.5, 0.6) is 0 Å². The lowest BCUT2D eigenvalue weighted by molar-refractivity contribution is 0.607. The van der Waals surface area contributed by atoms with Gasteiger partial charge in [0.05, 0.1) is 0 Å². The molecule has 0 saturated heterocycles. The predicted molar refractivity (Wildman–Crippen MR) is 130 cm³/mol. The molecule has 2 rings (SSSR count). The van der Waals surface area contributed by atoms with Crippen LogP contribution in [0.25, 0.3) is 0 Å². The van der Waals surface area contributed by atoms with Crippen LogP contribution in [-0.4, -0.2) is 0 Å². The van der Waals surface area contributed by atoms with E-state index in [1.54, 1.807) is 0 Å². The molecule has 0 fully saturated rings. The first kappa shape index (κ1) is 23.7. The molecule has 0 heterocycles. The third-order valence-electron chi connectivity index (χ3n) is 6.03. The van der Waals surface area contributed by atoms with Crippen LogP contribution in [0.1, 0.15) is 113 Å². The van der Waals surface area contributed by atoms with Crippen LogP contribution in [0.4, 0.5) is 0 Å². The Morgan fingerprint density at radius 2 is 0.828 bits per heavy atom. The number of aryl methyl sites for hydroxylation is 2. The molecule has 0 nitrogen and oxygen atoms in total. The minimum Gasteiger partial charge on any atom is -0.0654 e. The van der Waals surface area contributed by atoms with E-state index in [4.69, 9.17) is 0 Å². The van der Waals surface area contributed by atoms with E-state index in [0.29, 0.717) is 0 Å². The highest BCUT2D eigenvalue weighted by molar-refractivity contribution is 5.32. The molecule has 0 heteroatoms. The van der Waals surface area contributed by atoms with Crippen LogP contribution in [0.3, 0.4) is 0 Å². The Balaban J connectivity index is 1.76. The Bertz CT molecular complexity index is 597. The zero-order valence-electron chi connectivity index (χ0n) is 19.2. The molecule has 0 radical (unpaired) electrons. The van der Waals surface area contributed by atoms with Gasteiger partial charge in [0.1, 0.15) is 0 Å². The third-order valence-corrected chi connectivity index (χ3v) is 6.03. The predicted octanol–water partition coefficient (Wildman–Crippen LogP) is 9.08. The minimum absolute atomic E-state index is 1.06. The third kappa shape index (κ3) is 10.7. The number of unbranched alkanes of at least 4 members (excludes halogenated alkanes) is 10. The Labute approximate surface area is 181 Å². The Hall–Kier alpha value is -1.56. The molecular weight excluding hydrogens is 348 g/mol. The highest BCUT2D eigenvalue weighted by Crippen LogP contribution is 2.17. The van der Waals surface area contributed by atoms with Gasteiger partial charge in [-0.05, 0) is 54.4 Å². The van der Waals surface area contributed by atoms with Gasteiger partial charge < -0.3 is 0 Å². The van der Waals surface area contributed by atoms with Crippen LogP contribution in [0, 0.1) is 0 Å². The minimum atomic E-state index is 1.06. The molecule has 29 heavy (non-hydrogen) atoms. The van der Waals surface area contributed by atoms with E-state index in [1.165, 1.54) is 112 Å². The Morgan fingerprint density at radius 3 is 1.28 bits per heavy atom. The summed E-state index contributed by atoms with van der Waals surface area (Å²) in [6.07, 6.45) is 20.0. The molecule has 0 atom stereocenters. The van der Waals surface area contributed by atoms with Crippen LogP contribution >= 0.6 is 0 Å². The molecule has 0 spiro atoms. The maximum absolute atomic E-state index is 2.44. The van der Waals surface area contributed by atoms with Crippen LogP contribution in [0.2, 0.25) is 0 Å². The quantitative estimate of drug-likeness (QED) is 0.250. The number of hydrogen-bond donors (Lipinski definition) is 0. The molecule has 0 aliphatic carbocycles. The Morgan fingerprint density at radius 1 is 0.448 bits per heavy atom. The van der Waals surface area contributed by atoms with E-state index in [-0.39, 0.29) is 0 Å². The smallest absolute Gasteiger partial charge is 0.00256 e. The van der Waals surface area contributed by atoms with E-state index in [0.717, 1.165) is 6.42 Å². The maximum Gasteiger partial charge on any atom is -0.00256 e. The van der Waals surface area contributed by atoms with E-state index < -0.39 is 0 Å². The van der Waals surface area contributed by atoms with Gasteiger partial charge in [-0.2, -0.15) is 0 Å². The molecule has 0 N–H and O–H groups in total. The van der Waals surface area contributed by atoms with E-state index in [1.807, 2.05) is 0 Å². The summed E-state index contributed by atoms with van der Waals surface area (Å²) in [5, 5.41) is 0. The van der Waals surface area contributed by atoms with Crippen LogP contribution < -0.4 is 0 Å².